The predicted molar refractivity (Wildman–Crippen MR) is 122 cm³/mol. The van der Waals surface area contributed by atoms with Crippen LogP contribution in [0.3, 0.4) is 0 Å². The molecule has 0 saturated heterocycles. The zero-order valence-electron chi connectivity index (χ0n) is 18.0. The maximum Gasteiger partial charge on any atom is 0.251 e. The first-order chi connectivity index (χ1) is 15.5. The van der Waals surface area contributed by atoms with Crippen molar-refractivity contribution in [3.63, 3.8) is 0 Å². The number of amides is 2. The summed E-state index contributed by atoms with van der Waals surface area (Å²) in [5.74, 6) is -0.820. The van der Waals surface area contributed by atoms with Crippen LogP contribution in [-0.4, -0.2) is 31.8 Å². The van der Waals surface area contributed by atoms with Gasteiger partial charge in [0.2, 0.25) is 5.91 Å². The standard InChI is InChI=1S/C26H24N2O4/c1-28-23-13-10-19(25(30)27-16-18-8-11-20(32-2)12-9-18)15-21(23)24(29)22(26(28)31)14-17-6-4-3-5-7-17/h3-13,15,22H,14,16H2,1-2H3,(H,27,30). The monoisotopic (exact) mass is 428 g/mol. The summed E-state index contributed by atoms with van der Waals surface area (Å²) in [5.41, 5.74) is 3.15. The fraction of sp³-hybridized carbons (Fsp3) is 0.192. The Kier molecular flexibility index (Phi) is 6.03. The third kappa shape index (κ3) is 4.25. The van der Waals surface area contributed by atoms with E-state index >= 15 is 0 Å². The number of hydrogen-bond acceptors (Lipinski definition) is 4. The van der Waals surface area contributed by atoms with Gasteiger partial charge in [0.15, 0.2) is 5.78 Å². The zero-order valence-corrected chi connectivity index (χ0v) is 18.0. The van der Waals surface area contributed by atoms with Gasteiger partial charge < -0.3 is 15.0 Å². The number of nitrogens with one attached hydrogen (secondary N) is 1. The SMILES string of the molecule is COc1ccc(CNC(=O)c2ccc3c(c2)C(=O)C(Cc2ccccc2)C(=O)N3C)cc1. The third-order valence-corrected chi connectivity index (χ3v) is 5.73. The van der Waals surface area contributed by atoms with E-state index in [2.05, 4.69) is 5.32 Å². The number of rotatable bonds is 6. The molecule has 3 aromatic carbocycles. The normalized spacial score (nSPS) is 15.3. The topological polar surface area (TPSA) is 75.7 Å². The smallest absolute Gasteiger partial charge is 0.251 e. The van der Waals surface area contributed by atoms with Crippen molar-refractivity contribution in [2.24, 2.45) is 5.92 Å². The summed E-state index contributed by atoms with van der Waals surface area (Å²) in [6.07, 6.45) is 0.330. The molecule has 1 N–H and O–H groups in total. The molecule has 0 bridgehead atoms. The van der Waals surface area contributed by atoms with Crippen molar-refractivity contribution >= 4 is 23.3 Å². The highest BCUT2D eigenvalue weighted by Crippen LogP contribution is 2.32. The number of carbonyl (C=O) groups is 3. The van der Waals surface area contributed by atoms with E-state index in [9.17, 15) is 14.4 Å². The van der Waals surface area contributed by atoms with Crippen LogP contribution in [0.4, 0.5) is 5.69 Å². The van der Waals surface area contributed by atoms with Gasteiger partial charge in [-0.2, -0.15) is 0 Å². The second kappa shape index (κ2) is 9.06. The van der Waals surface area contributed by atoms with Crippen LogP contribution in [-0.2, 0) is 17.8 Å². The number of ketones is 1. The van der Waals surface area contributed by atoms with E-state index in [0.29, 0.717) is 29.8 Å². The Hall–Kier alpha value is -3.93. The van der Waals surface area contributed by atoms with Crippen molar-refractivity contribution in [2.75, 3.05) is 19.1 Å². The summed E-state index contributed by atoms with van der Waals surface area (Å²) in [5, 5.41) is 2.87. The second-order valence-corrected chi connectivity index (χ2v) is 7.77. The van der Waals surface area contributed by atoms with Crippen molar-refractivity contribution in [3.8, 4) is 5.75 Å². The number of anilines is 1. The number of benzene rings is 3. The molecule has 1 heterocycles. The molecule has 0 aliphatic carbocycles. The van der Waals surface area contributed by atoms with Crippen LogP contribution in [0.1, 0.15) is 31.8 Å². The maximum atomic E-state index is 13.2. The van der Waals surface area contributed by atoms with E-state index in [1.165, 1.54) is 4.90 Å². The van der Waals surface area contributed by atoms with Gasteiger partial charge in [0.1, 0.15) is 11.7 Å². The number of fused-ring (bicyclic) bond motifs is 1. The molecule has 0 spiro atoms. The molecule has 1 atom stereocenters. The maximum absolute atomic E-state index is 13.2. The summed E-state index contributed by atoms with van der Waals surface area (Å²) >= 11 is 0. The number of hydrogen-bond donors (Lipinski definition) is 1. The molecule has 1 aliphatic rings. The summed E-state index contributed by atoms with van der Waals surface area (Å²) in [6, 6.07) is 21.8. The Labute approximate surface area is 186 Å². The van der Waals surface area contributed by atoms with Crippen molar-refractivity contribution < 1.29 is 19.1 Å². The molecule has 2 amide bonds. The van der Waals surface area contributed by atoms with Crippen LogP contribution in [0.2, 0.25) is 0 Å². The average Bonchev–Trinajstić information content (AvgIpc) is 2.84. The number of Topliss-reactive ketones (excluding diaryl/α,β-unsaturated/α-hetero) is 1. The van der Waals surface area contributed by atoms with E-state index in [4.69, 9.17) is 4.74 Å². The minimum atomic E-state index is -0.799. The lowest BCUT2D eigenvalue weighted by Crippen LogP contribution is -2.43. The first-order valence-corrected chi connectivity index (χ1v) is 10.4. The van der Waals surface area contributed by atoms with Crippen molar-refractivity contribution in [2.45, 2.75) is 13.0 Å². The molecule has 0 aromatic heterocycles. The summed E-state index contributed by atoms with van der Waals surface area (Å²) in [7, 11) is 3.26. The van der Waals surface area contributed by atoms with Gasteiger partial charge in [-0.1, -0.05) is 42.5 Å². The van der Waals surface area contributed by atoms with Crippen molar-refractivity contribution in [3.05, 3.63) is 95.1 Å². The summed E-state index contributed by atoms with van der Waals surface area (Å²) in [4.78, 5) is 40.3. The van der Waals surface area contributed by atoms with Crippen LogP contribution in [0.25, 0.3) is 0 Å². The molecule has 0 fully saturated rings. The molecule has 6 heteroatoms. The number of nitrogens with zero attached hydrogens (tertiary/aromatic N) is 1. The Bertz CT molecular complexity index is 1160. The van der Waals surface area contributed by atoms with Crippen LogP contribution in [0.15, 0.2) is 72.8 Å². The molecular weight excluding hydrogens is 404 g/mol. The fourth-order valence-corrected chi connectivity index (χ4v) is 3.88. The van der Waals surface area contributed by atoms with Gasteiger partial charge in [-0.25, -0.2) is 0 Å². The molecule has 0 radical (unpaired) electrons. The van der Waals surface area contributed by atoms with Crippen LogP contribution in [0.5, 0.6) is 5.75 Å². The Morgan fingerprint density at radius 2 is 1.69 bits per heavy atom. The first kappa shape index (κ1) is 21.3. The van der Waals surface area contributed by atoms with Gasteiger partial charge >= 0.3 is 0 Å². The highest BCUT2D eigenvalue weighted by atomic mass is 16.5. The third-order valence-electron chi connectivity index (χ3n) is 5.73. The van der Waals surface area contributed by atoms with Gasteiger partial charge in [-0.3, -0.25) is 14.4 Å². The number of ether oxygens (including phenoxy) is 1. The molecule has 0 saturated carbocycles. The van der Waals surface area contributed by atoms with E-state index < -0.39 is 5.92 Å². The molecule has 6 nitrogen and oxygen atoms in total. The zero-order chi connectivity index (χ0) is 22.7. The molecule has 3 aromatic rings. The van der Waals surface area contributed by atoms with Gasteiger partial charge in [-0.05, 0) is 47.9 Å². The molecule has 1 unspecified atom stereocenters. The average molecular weight is 428 g/mol. The van der Waals surface area contributed by atoms with Gasteiger partial charge in [0.25, 0.3) is 5.91 Å². The molecule has 162 valence electrons. The highest BCUT2D eigenvalue weighted by Gasteiger charge is 2.38. The molecular formula is C26H24N2O4. The van der Waals surface area contributed by atoms with Crippen molar-refractivity contribution in [1.82, 2.24) is 5.32 Å². The minimum Gasteiger partial charge on any atom is -0.497 e. The molecule has 1 aliphatic heterocycles. The van der Waals surface area contributed by atoms with Crippen LogP contribution < -0.4 is 15.0 Å². The van der Waals surface area contributed by atoms with E-state index in [0.717, 1.165) is 16.9 Å². The van der Waals surface area contributed by atoms with Gasteiger partial charge in [0.05, 0.1) is 12.8 Å². The summed E-state index contributed by atoms with van der Waals surface area (Å²) < 4.78 is 5.14. The number of carbonyl (C=O) groups excluding carboxylic acids is 3. The Morgan fingerprint density at radius 1 is 0.969 bits per heavy atom. The number of methoxy groups -OCH3 is 1. The Balaban J connectivity index is 1.53. The van der Waals surface area contributed by atoms with E-state index in [-0.39, 0.29) is 17.6 Å². The Morgan fingerprint density at radius 3 is 2.38 bits per heavy atom. The lowest BCUT2D eigenvalue weighted by Gasteiger charge is -2.30. The first-order valence-electron chi connectivity index (χ1n) is 10.4. The minimum absolute atomic E-state index is 0.233. The van der Waals surface area contributed by atoms with Gasteiger partial charge in [-0.15, -0.1) is 0 Å². The lowest BCUT2D eigenvalue weighted by atomic mass is 9.85. The quantitative estimate of drug-likeness (QED) is 0.608. The van der Waals surface area contributed by atoms with Crippen LogP contribution in [0, 0.1) is 5.92 Å². The van der Waals surface area contributed by atoms with E-state index in [1.807, 2.05) is 54.6 Å². The van der Waals surface area contributed by atoms with E-state index in [1.54, 1.807) is 32.4 Å². The fourth-order valence-electron chi connectivity index (χ4n) is 3.88. The summed E-state index contributed by atoms with van der Waals surface area (Å²) in [6.45, 7) is 0.350. The van der Waals surface area contributed by atoms with Gasteiger partial charge in [0, 0.05) is 24.7 Å². The molecule has 32 heavy (non-hydrogen) atoms. The second-order valence-electron chi connectivity index (χ2n) is 7.77. The lowest BCUT2D eigenvalue weighted by molar-refractivity contribution is -0.120. The molecule has 4 rings (SSSR count). The van der Waals surface area contributed by atoms with Crippen LogP contribution >= 0.6 is 0 Å². The predicted octanol–water partition coefficient (Wildman–Crippen LogP) is 3.64. The van der Waals surface area contributed by atoms with Crippen molar-refractivity contribution in [1.29, 1.82) is 0 Å². The highest BCUT2D eigenvalue weighted by molar-refractivity contribution is 6.22. The largest absolute Gasteiger partial charge is 0.497 e.